The summed E-state index contributed by atoms with van der Waals surface area (Å²) >= 11 is 0. The molecule has 0 radical (unpaired) electrons. The van der Waals surface area contributed by atoms with Gasteiger partial charge in [0.25, 0.3) is 0 Å². The fourth-order valence-electron chi connectivity index (χ4n) is 2.04. The van der Waals surface area contributed by atoms with E-state index in [1.165, 1.54) is 6.26 Å². The maximum Gasteiger partial charge on any atom is 0.175 e. The van der Waals surface area contributed by atoms with Crippen molar-refractivity contribution in [1.29, 1.82) is 0 Å². The third kappa shape index (κ3) is 2.11. The standard InChI is InChI=1S/C11H14O4S/c1-16(13,14)9-4-2-8-3-5-11(15-7-12)10(8)6-9/h2,4,6,11-12H,3,5,7H2,1H3. The summed E-state index contributed by atoms with van der Waals surface area (Å²) in [6.07, 6.45) is 2.67. The predicted molar refractivity (Wildman–Crippen MR) is 58.8 cm³/mol. The average molecular weight is 242 g/mol. The number of hydrogen-bond donors (Lipinski definition) is 1. The quantitative estimate of drug-likeness (QED) is 0.804. The van der Waals surface area contributed by atoms with Crippen molar-refractivity contribution in [3.63, 3.8) is 0 Å². The first-order valence-corrected chi connectivity index (χ1v) is 6.97. The summed E-state index contributed by atoms with van der Waals surface area (Å²) in [6.45, 7) is -0.340. The number of hydrogen-bond acceptors (Lipinski definition) is 4. The van der Waals surface area contributed by atoms with E-state index in [1.54, 1.807) is 12.1 Å². The molecule has 0 amide bonds. The van der Waals surface area contributed by atoms with E-state index in [4.69, 9.17) is 9.84 Å². The van der Waals surface area contributed by atoms with Gasteiger partial charge in [0, 0.05) is 6.26 Å². The number of aryl methyl sites for hydroxylation is 1. The van der Waals surface area contributed by atoms with Gasteiger partial charge < -0.3 is 9.84 Å². The highest BCUT2D eigenvalue weighted by Gasteiger charge is 2.24. The molecule has 5 heteroatoms. The van der Waals surface area contributed by atoms with Crippen LogP contribution in [0.2, 0.25) is 0 Å². The van der Waals surface area contributed by atoms with Crippen molar-refractivity contribution in [2.75, 3.05) is 13.0 Å². The molecule has 88 valence electrons. The molecule has 0 fully saturated rings. The van der Waals surface area contributed by atoms with Crippen molar-refractivity contribution < 1.29 is 18.3 Å². The van der Waals surface area contributed by atoms with Gasteiger partial charge in [-0.2, -0.15) is 0 Å². The fraction of sp³-hybridized carbons (Fsp3) is 0.455. The number of rotatable bonds is 3. The van der Waals surface area contributed by atoms with Gasteiger partial charge in [0.2, 0.25) is 0 Å². The minimum absolute atomic E-state index is 0.179. The monoisotopic (exact) mass is 242 g/mol. The molecule has 1 aliphatic carbocycles. The molecule has 0 bridgehead atoms. The summed E-state index contributed by atoms with van der Waals surface area (Å²) in [6, 6.07) is 5.10. The van der Waals surface area contributed by atoms with Crippen molar-refractivity contribution in [2.24, 2.45) is 0 Å². The highest BCUT2D eigenvalue weighted by Crippen LogP contribution is 2.35. The summed E-state index contributed by atoms with van der Waals surface area (Å²) in [5.41, 5.74) is 1.99. The van der Waals surface area contributed by atoms with Gasteiger partial charge in [0.1, 0.15) is 6.79 Å². The molecule has 0 heterocycles. The Morgan fingerprint density at radius 3 is 2.88 bits per heavy atom. The maximum absolute atomic E-state index is 11.4. The lowest BCUT2D eigenvalue weighted by Crippen LogP contribution is -2.03. The van der Waals surface area contributed by atoms with Gasteiger partial charge in [-0.15, -0.1) is 0 Å². The number of aliphatic hydroxyl groups is 1. The zero-order chi connectivity index (χ0) is 11.8. The zero-order valence-electron chi connectivity index (χ0n) is 9.01. The molecule has 0 saturated carbocycles. The smallest absolute Gasteiger partial charge is 0.175 e. The van der Waals surface area contributed by atoms with Crippen LogP contribution in [0.3, 0.4) is 0 Å². The minimum atomic E-state index is -3.18. The van der Waals surface area contributed by atoms with Gasteiger partial charge in [-0.1, -0.05) is 6.07 Å². The zero-order valence-corrected chi connectivity index (χ0v) is 9.83. The van der Waals surface area contributed by atoms with E-state index in [0.29, 0.717) is 4.90 Å². The largest absolute Gasteiger partial charge is 0.371 e. The molecule has 0 aromatic heterocycles. The van der Waals surface area contributed by atoms with E-state index in [2.05, 4.69) is 0 Å². The summed E-state index contributed by atoms with van der Waals surface area (Å²) in [7, 11) is -3.18. The molecular formula is C11H14O4S. The fourth-order valence-corrected chi connectivity index (χ4v) is 2.69. The van der Waals surface area contributed by atoms with Crippen molar-refractivity contribution in [1.82, 2.24) is 0 Å². The molecule has 4 nitrogen and oxygen atoms in total. The Bertz CT molecular complexity index is 491. The molecule has 1 aliphatic rings. The molecule has 16 heavy (non-hydrogen) atoms. The Hall–Kier alpha value is -0.910. The third-order valence-corrected chi connectivity index (χ3v) is 3.95. The van der Waals surface area contributed by atoms with Gasteiger partial charge in [-0.25, -0.2) is 8.42 Å². The molecule has 0 aliphatic heterocycles. The van der Waals surface area contributed by atoms with E-state index in [-0.39, 0.29) is 12.9 Å². The van der Waals surface area contributed by atoms with Crippen LogP contribution >= 0.6 is 0 Å². The van der Waals surface area contributed by atoms with Crippen molar-refractivity contribution in [2.45, 2.75) is 23.8 Å². The van der Waals surface area contributed by atoms with Crippen molar-refractivity contribution in [3.8, 4) is 0 Å². The Balaban J connectivity index is 2.41. The van der Waals surface area contributed by atoms with Gasteiger partial charge in [0.15, 0.2) is 9.84 Å². The first kappa shape index (κ1) is 11.6. The third-order valence-electron chi connectivity index (χ3n) is 2.84. The van der Waals surface area contributed by atoms with E-state index >= 15 is 0 Å². The number of aliphatic hydroxyl groups excluding tert-OH is 1. The van der Waals surface area contributed by atoms with Gasteiger partial charge in [-0.3, -0.25) is 0 Å². The molecule has 1 aromatic carbocycles. The number of benzene rings is 1. The molecule has 1 aromatic rings. The second-order valence-corrected chi connectivity index (χ2v) is 5.97. The van der Waals surface area contributed by atoms with Gasteiger partial charge in [0.05, 0.1) is 11.0 Å². The lowest BCUT2D eigenvalue weighted by atomic mass is 10.1. The SMILES string of the molecule is CS(=O)(=O)c1ccc2c(c1)C(OCO)CC2. The lowest BCUT2D eigenvalue weighted by Gasteiger charge is -2.11. The number of sulfone groups is 1. The van der Waals surface area contributed by atoms with Crippen LogP contribution < -0.4 is 0 Å². The van der Waals surface area contributed by atoms with Crippen LogP contribution in [0, 0.1) is 0 Å². The van der Waals surface area contributed by atoms with Crippen LogP contribution in [0.1, 0.15) is 23.7 Å². The van der Waals surface area contributed by atoms with Gasteiger partial charge in [-0.05, 0) is 36.1 Å². The molecule has 2 rings (SSSR count). The molecule has 0 spiro atoms. The lowest BCUT2D eigenvalue weighted by molar-refractivity contribution is -0.0505. The first-order chi connectivity index (χ1) is 7.52. The molecule has 1 N–H and O–H groups in total. The second kappa shape index (κ2) is 4.16. The Kier molecular flexibility index (Phi) is 3.01. The van der Waals surface area contributed by atoms with Gasteiger partial charge >= 0.3 is 0 Å². The van der Waals surface area contributed by atoms with Crippen LogP contribution in [0.5, 0.6) is 0 Å². The predicted octanol–water partition coefficient (Wildman–Crippen LogP) is 1.04. The summed E-state index contributed by atoms with van der Waals surface area (Å²) in [5, 5.41) is 8.74. The normalized spacial score (nSPS) is 19.8. The highest BCUT2D eigenvalue weighted by molar-refractivity contribution is 7.90. The second-order valence-electron chi connectivity index (χ2n) is 3.96. The van der Waals surface area contributed by atoms with E-state index < -0.39 is 9.84 Å². The van der Waals surface area contributed by atoms with E-state index in [0.717, 1.165) is 24.0 Å². The number of ether oxygens (including phenoxy) is 1. The highest BCUT2D eigenvalue weighted by atomic mass is 32.2. The van der Waals surface area contributed by atoms with Crippen LogP contribution in [0.25, 0.3) is 0 Å². The maximum atomic E-state index is 11.4. The van der Waals surface area contributed by atoms with Crippen LogP contribution in [0.15, 0.2) is 23.1 Å². The number of fused-ring (bicyclic) bond motifs is 1. The Morgan fingerprint density at radius 2 is 2.25 bits per heavy atom. The van der Waals surface area contributed by atoms with Crippen LogP contribution in [0.4, 0.5) is 0 Å². The van der Waals surface area contributed by atoms with E-state index in [9.17, 15) is 8.42 Å². The molecular weight excluding hydrogens is 228 g/mol. The molecule has 1 unspecified atom stereocenters. The van der Waals surface area contributed by atoms with Crippen molar-refractivity contribution >= 4 is 9.84 Å². The Morgan fingerprint density at radius 1 is 1.50 bits per heavy atom. The van der Waals surface area contributed by atoms with Crippen LogP contribution in [-0.4, -0.2) is 26.6 Å². The van der Waals surface area contributed by atoms with Crippen LogP contribution in [-0.2, 0) is 21.0 Å². The minimum Gasteiger partial charge on any atom is -0.371 e. The summed E-state index contributed by atoms with van der Waals surface area (Å²) in [5.74, 6) is 0. The van der Waals surface area contributed by atoms with E-state index in [1.807, 2.05) is 6.07 Å². The first-order valence-electron chi connectivity index (χ1n) is 5.07. The Labute approximate surface area is 94.8 Å². The molecule has 1 atom stereocenters. The summed E-state index contributed by atoms with van der Waals surface area (Å²) in [4.78, 5) is 0.305. The summed E-state index contributed by atoms with van der Waals surface area (Å²) < 4.78 is 28.0. The topological polar surface area (TPSA) is 63.6 Å². The molecule has 0 saturated heterocycles. The van der Waals surface area contributed by atoms with Crippen molar-refractivity contribution in [3.05, 3.63) is 29.3 Å². The average Bonchev–Trinajstić information content (AvgIpc) is 2.60.